The average molecular weight is 531 g/mol. The first kappa shape index (κ1) is 24.8. The Labute approximate surface area is 235 Å². The Morgan fingerprint density at radius 2 is 1.65 bits per heavy atom. The van der Waals surface area contributed by atoms with Crippen LogP contribution in [0.2, 0.25) is 0 Å². The van der Waals surface area contributed by atoms with Crippen molar-refractivity contribution in [2.75, 3.05) is 16.8 Å². The molecular weight excluding hydrogens is 496 g/mol. The summed E-state index contributed by atoms with van der Waals surface area (Å²) in [5.74, 6) is 2.41. The third-order valence-electron chi connectivity index (χ3n) is 9.38. The van der Waals surface area contributed by atoms with E-state index < -0.39 is 5.60 Å². The molecule has 3 aliphatic rings. The summed E-state index contributed by atoms with van der Waals surface area (Å²) < 4.78 is 13.1. The van der Waals surface area contributed by atoms with Gasteiger partial charge in [0.2, 0.25) is 0 Å². The second-order valence-electron chi connectivity index (χ2n) is 11.5. The molecule has 1 fully saturated rings. The van der Waals surface area contributed by atoms with Gasteiger partial charge in [-0.05, 0) is 73.7 Å². The number of hydrogen-bond donors (Lipinski definition) is 1. The lowest BCUT2D eigenvalue weighted by molar-refractivity contribution is 0.0224. The van der Waals surface area contributed by atoms with Crippen LogP contribution in [0.4, 0.5) is 17.1 Å². The lowest BCUT2D eigenvalue weighted by Gasteiger charge is -2.38. The van der Waals surface area contributed by atoms with Crippen molar-refractivity contribution in [3.05, 3.63) is 113 Å². The lowest BCUT2D eigenvalue weighted by atomic mass is 9.77. The fraction of sp³-hybridized carbons (Fsp3) is 0.286. The lowest BCUT2D eigenvalue weighted by Crippen LogP contribution is -2.34. The number of esters is 1. The Morgan fingerprint density at radius 3 is 2.42 bits per heavy atom. The van der Waals surface area contributed by atoms with Gasteiger partial charge in [0.15, 0.2) is 5.60 Å². The van der Waals surface area contributed by atoms with E-state index in [1.807, 2.05) is 54.6 Å². The molecule has 5 heteroatoms. The second-order valence-corrected chi connectivity index (χ2v) is 11.5. The minimum atomic E-state index is -1.09. The van der Waals surface area contributed by atoms with Gasteiger partial charge in [-0.15, -0.1) is 0 Å². The van der Waals surface area contributed by atoms with E-state index in [1.54, 1.807) is 0 Å². The number of anilines is 3. The number of fused-ring (bicyclic) bond motifs is 6. The molecule has 4 aromatic rings. The summed E-state index contributed by atoms with van der Waals surface area (Å²) in [4.78, 5) is 15.8. The molecule has 0 aromatic heterocycles. The van der Waals surface area contributed by atoms with Gasteiger partial charge in [0.1, 0.15) is 11.5 Å². The van der Waals surface area contributed by atoms with Crippen LogP contribution >= 0.6 is 0 Å². The number of carbonyl (C=O) groups excluding carboxylic acids is 1. The first-order valence-electron chi connectivity index (χ1n) is 14.3. The summed E-state index contributed by atoms with van der Waals surface area (Å²) >= 11 is 0. The summed E-state index contributed by atoms with van der Waals surface area (Å²) in [5.41, 5.74) is 6.15. The number of rotatable bonds is 4. The van der Waals surface area contributed by atoms with Gasteiger partial charge < -0.3 is 19.7 Å². The molecule has 3 heterocycles. The van der Waals surface area contributed by atoms with Crippen LogP contribution in [0, 0.1) is 18.8 Å². The van der Waals surface area contributed by atoms with Crippen LogP contribution in [-0.4, -0.2) is 18.6 Å². The first-order chi connectivity index (χ1) is 19.4. The number of nitrogens with zero attached hydrogens (tertiary/aromatic N) is 1. The van der Waals surface area contributed by atoms with E-state index in [2.05, 4.69) is 68.2 Å². The molecular formula is C35H34N2O3. The van der Waals surface area contributed by atoms with E-state index in [1.165, 1.54) is 6.42 Å². The molecule has 1 saturated heterocycles. The number of carbonyl (C=O) groups is 1. The molecule has 0 saturated carbocycles. The highest BCUT2D eigenvalue weighted by Crippen LogP contribution is 2.57. The van der Waals surface area contributed by atoms with Crippen LogP contribution in [0.3, 0.4) is 0 Å². The van der Waals surface area contributed by atoms with E-state index in [4.69, 9.17) is 9.47 Å². The van der Waals surface area contributed by atoms with Gasteiger partial charge in [0.05, 0.1) is 5.56 Å². The van der Waals surface area contributed by atoms with Gasteiger partial charge in [0.25, 0.3) is 0 Å². The van der Waals surface area contributed by atoms with Crippen LogP contribution in [0.25, 0.3) is 0 Å². The first-order valence-corrected chi connectivity index (χ1v) is 14.3. The van der Waals surface area contributed by atoms with Gasteiger partial charge >= 0.3 is 5.97 Å². The fourth-order valence-electron chi connectivity index (χ4n) is 6.90. The number of benzene rings is 4. The summed E-state index contributed by atoms with van der Waals surface area (Å²) in [6.07, 6.45) is 1.17. The van der Waals surface area contributed by atoms with Crippen molar-refractivity contribution < 1.29 is 14.3 Å². The standard InChI is InChI=1S/C35H34N2O3/c1-5-24-20-37(23(4)22(24)3)26-15-16-29-33(18-26)39-32-17-21(2)31(36-25-11-7-6-8-12-25)19-30(32)35(29)28-14-10-9-13-27(28)34(38)40-35/h6-19,22-24,36H,5,20H2,1-4H3. The highest BCUT2D eigenvalue weighted by Gasteiger charge is 2.54. The minimum absolute atomic E-state index is 0.315. The quantitative estimate of drug-likeness (QED) is 0.270. The third-order valence-corrected chi connectivity index (χ3v) is 9.38. The molecule has 4 aromatic carbocycles. The van der Waals surface area contributed by atoms with Gasteiger partial charge in [-0.2, -0.15) is 0 Å². The summed E-state index contributed by atoms with van der Waals surface area (Å²) in [7, 11) is 0. The fourth-order valence-corrected chi connectivity index (χ4v) is 6.90. The van der Waals surface area contributed by atoms with Crippen LogP contribution in [0.1, 0.15) is 59.8 Å². The Morgan fingerprint density at radius 1 is 0.900 bits per heavy atom. The topological polar surface area (TPSA) is 50.8 Å². The predicted molar refractivity (Wildman–Crippen MR) is 159 cm³/mol. The molecule has 0 radical (unpaired) electrons. The van der Waals surface area contributed by atoms with Crippen LogP contribution in [0.15, 0.2) is 84.9 Å². The molecule has 0 aliphatic carbocycles. The van der Waals surface area contributed by atoms with E-state index in [0.29, 0.717) is 29.2 Å². The second kappa shape index (κ2) is 9.16. The summed E-state index contributed by atoms with van der Waals surface area (Å²) in [6, 6.07) is 28.8. The van der Waals surface area contributed by atoms with Gasteiger partial charge in [-0.25, -0.2) is 4.79 Å². The smallest absolute Gasteiger partial charge is 0.340 e. The van der Waals surface area contributed by atoms with E-state index in [9.17, 15) is 4.79 Å². The molecule has 3 aliphatic heterocycles. The zero-order valence-corrected chi connectivity index (χ0v) is 23.4. The van der Waals surface area contributed by atoms with Crippen molar-refractivity contribution in [1.82, 2.24) is 0 Å². The maximum Gasteiger partial charge on any atom is 0.340 e. The van der Waals surface area contributed by atoms with Crippen molar-refractivity contribution in [3.63, 3.8) is 0 Å². The van der Waals surface area contributed by atoms with Crippen LogP contribution in [-0.2, 0) is 10.3 Å². The van der Waals surface area contributed by atoms with Gasteiger partial charge in [-0.1, -0.05) is 56.7 Å². The molecule has 5 nitrogen and oxygen atoms in total. The Hall–Kier alpha value is -4.25. The predicted octanol–water partition coefficient (Wildman–Crippen LogP) is 8.18. The normalized spacial score (nSPS) is 24.2. The number of ether oxygens (including phenoxy) is 2. The van der Waals surface area contributed by atoms with Crippen molar-refractivity contribution in [3.8, 4) is 11.5 Å². The zero-order chi connectivity index (χ0) is 27.6. The number of hydrogen-bond acceptors (Lipinski definition) is 5. The molecule has 0 amide bonds. The molecule has 4 unspecified atom stereocenters. The summed E-state index contributed by atoms with van der Waals surface area (Å²) in [5, 5.41) is 3.55. The van der Waals surface area contributed by atoms with Crippen LogP contribution in [0.5, 0.6) is 11.5 Å². The number of nitrogens with one attached hydrogen (secondary N) is 1. The van der Waals surface area contributed by atoms with Gasteiger partial charge in [-0.3, -0.25) is 0 Å². The van der Waals surface area contributed by atoms with Gasteiger partial charge in [0, 0.05) is 52.4 Å². The SMILES string of the molecule is CCC1CN(c2ccc3c(c2)Oc2cc(C)c(Nc4ccccc4)cc2C32OC(=O)c3ccccc32)C(C)C1C. The Kier molecular flexibility index (Phi) is 5.67. The Balaban J connectivity index is 1.40. The van der Waals surface area contributed by atoms with Crippen molar-refractivity contribution in [2.45, 2.75) is 45.8 Å². The molecule has 4 atom stereocenters. The van der Waals surface area contributed by atoms with E-state index in [0.717, 1.165) is 51.6 Å². The Bertz CT molecular complexity index is 1630. The van der Waals surface area contributed by atoms with E-state index in [-0.39, 0.29) is 5.97 Å². The molecule has 1 N–H and O–H groups in total. The maximum absolute atomic E-state index is 13.3. The highest BCUT2D eigenvalue weighted by molar-refractivity contribution is 5.97. The number of para-hydroxylation sites is 1. The van der Waals surface area contributed by atoms with Crippen molar-refractivity contribution >= 4 is 23.0 Å². The molecule has 40 heavy (non-hydrogen) atoms. The highest BCUT2D eigenvalue weighted by atomic mass is 16.6. The monoisotopic (exact) mass is 530 g/mol. The maximum atomic E-state index is 13.3. The molecule has 7 rings (SSSR count). The molecule has 0 bridgehead atoms. The van der Waals surface area contributed by atoms with E-state index >= 15 is 0 Å². The van der Waals surface area contributed by atoms with Crippen LogP contribution < -0.4 is 15.0 Å². The molecule has 202 valence electrons. The average Bonchev–Trinajstić information content (AvgIpc) is 3.43. The number of aryl methyl sites for hydroxylation is 1. The van der Waals surface area contributed by atoms with Crippen molar-refractivity contribution in [2.24, 2.45) is 11.8 Å². The zero-order valence-electron chi connectivity index (χ0n) is 23.4. The molecule has 1 spiro atoms. The third kappa shape index (κ3) is 3.57. The summed E-state index contributed by atoms with van der Waals surface area (Å²) in [6.45, 7) is 10.1. The van der Waals surface area contributed by atoms with Crippen molar-refractivity contribution in [1.29, 1.82) is 0 Å². The minimum Gasteiger partial charge on any atom is -0.456 e. The largest absolute Gasteiger partial charge is 0.456 e.